The maximum absolute atomic E-state index is 12.3. The van der Waals surface area contributed by atoms with Crippen molar-refractivity contribution in [3.05, 3.63) is 63.0 Å². The Labute approximate surface area is 265 Å². The molecule has 2 amide bonds. The summed E-state index contributed by atoms with van der Waals surface area (Å²) in [6.07, 6.45) is 9.18. The number of amides is 2. The monoisotopic (exact) mass is 734 g/mol. The molecule has 240 valence electrons. The average Bonchev–Trinajstić information content (AvgIpc) is 2.95. The van der Waals surface area contributed by atoms with Gasteiger partial charge in [-0.1, -0.05) is 66.2 Å². The molecule has 0 aliphatic heterocycles. The molecule has 43 heavy (non-hydrogen) atoms. The number of aromatic nitrogens is 4. The van der Waals surface area contributed by atoms with E-state index in [1.165, 1.54) is 6.20 Å². The van der Waals surface area contributed by atoms with Gasteiger partial charge in [0.05, 0.1) is 11.1 Å². The second-order valence-corrected chi connectivity index (χ2v) is 11.6. The Hall–Kier alpha value is -3.27. The van der Waals surface area contributed by atoms with Crippen molar-refractivity contribution in [3.8, 4) is 0 Å². The van der Waals surface area contributed by atoms with Crippen LogP contribution in [0.5, 0.6) is 0 Å². The Kier molecular flexibility index (Phi) is 17.4. The number of halogens is 2. The van der Waals surface area contributed by atoms with Gasteiger partial charge in [0.1, 0.15) is 4.47 Å². The van der Waals surface area contributed by atoms with Gasteiger partial charge >= 0.3 is 29.5 Å². The van der Waals surface area contributed by atoms with E-state index in [0.29, 0.717) is 22.2 Å². The molecule has 2 heterocycles. The standard InChI is InChI=1S/C16H24BrN3O5.C11H16BrN3O3/c1-4-5-6-7-8-18-14(22)19-9-12(17)13(21)20(15(19)23)16(24)25-10-11(2)3;1-2-3-4-5-6-13-10(17)15-7-8(12)9(16)14-11(15)18/h9,11H,4-8,10H2,1-3H3,(H,18,22);7H,2-6H2,1H3,(H,13,17)(H,14,16,18). The van der Waals surface area contributed by atoms with Gasteiger partial charge < -0.3 is 15.4 Å². The van der Waals surface area contributed by atoms with E-state index in [-0.39, 0.29) is 21.5 Å². The Balaban J connectivity index is 0.000000453. The fraction of sp³-hybridized carbons (Fsp3) is 0.593. The minimum atomic E-state index is -1.10. The summed E-state index contributed by atoms with van der Waals surface area (Å²) in [5.41, 5.74) is -3.22. The minimum Gasteiger partial charge on any atom is -0.448 e. The van der Waals surface area contributed by atoms with Gasteiger partial charge in [-0.05, 0) is 50.6 Å². The van der Waals surface area contributed by atoms with Crippen molar-refractivity contribution >= 4 is 50.0 Å². The third kappa shape index (κ3) is 12.9. The minimum absolute atomic E-state index is 0.0421. The largest absolute Gasteiger partial charge is 0.448 e. The van der Waals surface area contributed by atoms with Gasteiger partial charge in [-0.2, -0.15) is 4.57 Å². The first-order chi connectivity index (χ1) is 20.3. The molecule has 0 aromatic carbocycles. The van der Waals surface area contributed by atoms with Gasteiger partial charge in [0.25, 0.3) is 11.1 Å². The summed E-state index contributed by atoms with van der Waals surface area (Å²) in [5.74, 6) is 0.0421. The van der Waals surface area contributed by atoms with E-state index >= 15 is 0 Å². The number of carbonyl (C=O) groups is 3. The van der Waals surface area contributed by atoms with Crippen LogP contribution in [0.4, 0.5) is 14.4 Å². The summed E-state index contributed by atoms with van der Waals surface area (Å²) >= 11 is 5.94. The predicted molar refractivity (Wildman–Crippen MR) is 169 cm³/mol. The number of nitrogens with zero attached hydrogens (tertiary/aromatic N) is 3. The van der Waals surface area contributed by atoms with Gasteiger partial charge in [-0.25, -0.2) is 33.1 Å². The van der Waals surface area contributed by atoms with Crippen molar-refractivity contribution in [1.82, 2.24) is 29.3 Å². The van der Waals surface area contributed by atoms with Crippen LogP contribution in [0.15, 0.2) is 40.5 Å². The Morgan fingerprint density at radius 2 is 1.33 bits per heavy atom. The first kappa shape index (κ1) is 37.8. The maximum atomic E-state index is 12.3. The molecule has 2 aromatic heterocycles. The van der Waals surface area contributed by atoms with E-state index in [0.717, 1.165) is 62.1 Å². The van der Waals surface area contributed by atoms with Crippen LogP contribution in [0.3, 0.4) is 0 Å². The molecule has 14 nitrogen and oxygen atoms in total. The fourth-order valence-electron chi connectivity index (χ4n) is 3.40. The third-order valence-corrected chi connectivity index (χ3v) is 6.83. The Morgan fingerprint density at radius 1 is 0.814 bits per heavy atom. The molecule has 0 saturated carbocycles. The lowest BCUT2D eigenvalue weighted by molar-refractivity contribution is 0.132. The number of hydrogen-bond acceptors (Lipinski definition) is 8. The molecular weight excluding hydrogens is 696 g/mol. The van der Waals surface area contributed by atoms with Crippen LogP contribution < -0.4 is 33.1 Å². The van der Waals surface area contributed by atoms with Crippen LogP contribution in [0.2, 0.25) is 0 Å². The normalized spacial score (nSPS) is 10.6. The smallest absolute Gasteiger partial charge is 0.425 e. The molecular formula is C27H40Br2N6O8. The molecule has 3 N–H and O–H groups in total. The lowest BCUT2D eigenvalue weighted by Crippen LogP contribution is -2.48. The van der Waals surface area contributed by atoms with E-state index < -0.39 is 40.7 Å². The number of hydrogen-bond donors (Lipinski definition) is 3. The molecule has 0 atom stereocenters. The van der Waals surface area contributed by atoms with Crippen molar-refractivity contribution in [3.63, 3.8) is 0 Å². The molecule has 0 bridgehead atoms. The van der Waals surface area contributed by atoms with E-state index in [2.05, 4.69) is 56.3 Å². The van der Waals surface area contributed by atoms with Crippen molar-refractivity contribution < 1.29 is 19.1 Å². The summed E-state index contributed by atoms with van der Waals surface area (Å²) < 4.78 is 6.81. The Bertz CT molecular complexity index is 1460. The van der Waals surface area contributed by atoms with Crippen LogP contribution in [-0.2, 0) is 4.74 Å². The molecule has 0 fully saturated rings. The number of H-pyrrole nitrogens is 1. The summed E-state index contributed by atoms with van der Waals surface area (Å²) in [7, 11) is 0. The zero-order chi connectivity index (χ0) is 32.5. The fourth-order valence-corrected chi connectivity index (χ4v) is 4.08. The highest BCUT2D eigenvalue weighted by atomic mass is 79.9. The number of nitrogens with one attached hydrogen (secondary N) is 3. The highest BCUT2D eigenvalue weighted by Crippen LogP contribution is 2.02. The molecule has 0 unspecified atom stereocenters. The summed E-state index contributed by atoms with van der Waals surface area (Å²) in [6.45, 7) is 8.80. The predicted octanol–water partition coefficient (Wildman–Crippen LogP) is 3.99. The van der Waals surface area contributed by atoms with Crippen LogP contribution in [-0.4, -0.2) is 56.5 Å². The van der Waals surface area contributed by atoms with Crippen LogP contribution in [0, 0.1) is 5.92 Å². The topological polar surface area (TPSA) is 183 Å². The van der Waals surface area contributed by atoms with Gasteiger partial charge in [0, 0.05) is 25.5 Å². The number of aromatic amines is 1. The third-order valence-electron chi connectivity index (χ3n) is 5.72. The molecule has 0 saturated heterocycles. The van der Waals surface area contributed by atoms with Crippen molar-refractivity contribution in [2.75, 3.05) is 19.7 Å². The van der Waals surface area contributed by atoms with Gasteiger partial charge in [-0.3, -0.25) is 14.6 Å². The SMILES string of the molecule is CCCCCCNC(=O)n1cc(Br)c(=O)[nH]c1=O.CCCCCCNC(=O)n1cc(Br)c(=O)n(C(=O)OCC(C)C)c1=O. The maximum Gasteiger partial charge on any atom is 0.425 e. The quantitative estimate of drug-likeness (QED) is 0.274. The van der Waals surface area contributed by atoms with Crippen molar-refractivity contribution in [1.29, 1.82) is 0 Å². The molecule has 2 rings (SSSR count). The number of rotatable bonds is 12. The van der Waals surface area contributed by atoms with Crippen LogP contribution >= 0.6 is 31.9 Å². The second-order valence-electron chi connectivity index (χ2n) is 9.93. The zero-order valence-electron chi connectivity index (χ0n) is 24.9. The lowest BCUT2D eigenvalue weighted by atomic mass is 10.2. The summed E-state index contributed by atoms with van der Waals surface area (Å²) in [4.78, 5) is 84.8. The first-order valence-electron chi connectivity index (χ1n) is 14.1. The number of ether oxygens (including phenoxy) is 1. The molecule has 0 spiro atoms. The summed E-state index contributed by atoms with van der Waals surface area (Å²) in [5, 5.41) is 5.22. The second kappa shape index (κ2) is 19.8. The molecule has 0 aliphatic carbocycles. The van der Waals surface area contributed by atoms with E-state index in [9.17, 15) is 33.6 Å². The van der Waals surface area contributed by atoms with E-state index in [1.54, 1.807) is 0 Å². The Morgan fingerprint density at radius 3 is 1.84 bits per heavy atom. The first-order valence-corrected chi connectivity index (χ1v) is 15.7. The van der Waals surface area contributed by atoms with Gasteiger partial charge in [0.2, 0.25) is 0 Å². The lowest BCUT2D eigenvalue weighted by Gasteiger charge is -2.11. The van der Waals surface area contributed by atoms with Gasteiger partial charge in [0.15, 0.2) is 0 Å². The van der Waals surface area contributed by atoms with Crippen molar-refractivity contribution in [2.45, 2.75) is 79.1 Å². The van der Waals surface area contributed by atoms with E-state index in [1.807, 2.05) is 18.8 Å². The van der Waals surface area contributed by atoms with Crippen molar-refractivity contribution in [2.24, 2.45) is 5.92 Å². The molecule has 0 aliphatic rings. The molecule has 2 aromatic rings. The number of unbranched alkanes of at least 4 members (excludes halogenated alkanes) is 6. The molecule has 0 radical (unpaired) electrons. The van der Waals surface area contributed by atoms with E-state index in [4.69, 9.17) is 4.74 Å². The highest BCUT2D eigenvalue weighted by Gasteiger charge is 2.20. The summed E-state index contributed by atoms with van der Waals surface area (Å²) in [6, 6.07) is -1.24. The zero-order valence-corrected chi connectivity index (χ0v) is 28.0. The number of carbonyl (C=O) groups excluding carboxylic acids is 3. The molecule has 16 heteroatoms. The van der Waals surface area contributed by atoms with Crippen LogP contribution in [0.1, 0.15) is 79.1 Å². The van der Waals surface area contributed by atoms with Gasteiger partial charge in [-0.15, -0.1) is 0 Å². The average molecular weight is 736 g/mol. The van der Waals surface area contributed by atoms with Crippen LogP contribution in [0.25, 0.3) is 0 Å². The highest BCUT2D eigenvalue weighted by molar-refractivity contribution is 9.10.